The van der Waals surface area contributed by atoms with Crippen molar-refractivity contribution in [1.82, 2.24) is 14.9 Å². The molecule has 2 rings (SSSR count). The van der Waals surface area contributed by atoms with Gasteiger partial charge in [-0.2, -0.15) is 0 Å². The van der Waals surface area contributed by atoms with Gasteiger partial charge in [-0.05, 0) is 18.9 Å². The fourth-order valence-corrected chi connectivity index (χ4v) is 1.93. The monoisotopic (exact) mass is 220 g/mol. The van der Waals surface area contributed by atoms with Crippen molar-refractivity contribution < 1.29 is 4.79 Å². The molecule has 1 aliphatic rings. The van der Waals surface area contributed by atoms with Gasteiger partial charge >= 0.3 is 0 Å². The standard InChI is InChI=1S/C11H16N4O/c1-8-2-3-15(6-8)7-10-13-4-9(5-14-10)11(12)16/h4-5,8H,2-3,6-7H2,1H3,(H2,12,16). The van der Waals surface area contributed by atoms with Crippen LogP contribution in [0.25, 0.3) is 0 Å². The third-order valence-corrected chi connectivity index (χ3v) is 2.86. The molecule has 5 nitrogen and oxygen atoms in total. The van der Waals surface area contributed by atoms with Gasteiger partial charge in [0.1, 0.15) is 5.82 Å². The van der Waals surface area contributed by atoms with Crippen LogP contribution in [-0.2, 0) is 6.54 Å². The van der Waals surface area contributed by atoms with E-state index < -0.39 is 5.91 Å². The summed E-state index contributed by atoms with van der Waals surface area (Å²) in [5.41, 5.74) is 5.48. The summed E-state index contributed by atoms with van der Waals surface area (Å²) in [6.07, 6.45) is 4.22. The van der Waals surface area contributed by atoms with Crippen molar-refractivity contribution in [3.05, 3.63) is 23.8 Å². The predicted molar refractivity (Wildman–Crippen MR) is 59.6 cm³/mol. The van der Waals surface area contributed by atoms with Crippen molar-refractivity contribution in [1.29, 1.82) is 0 Å². The maximum absolute atomic E-state index is 10.8. The van der Waals surface area contributed by atoms with E-state index in [2.05, 4.69) is 21.8 Å². The zero-order chi connectivity index (χ0) is 11.5. The summed E-state index contributed by atoms with van der Waals surface area (Å²) in [4.78, 5) is 21.4. The Labute approximate surface area is 94.7 Å². The molecule has 1 fully saturated rings. The molecule has 0 radical (unpaired) electrons. The lowest BCUT2D eigenvalue weighted by molar-refractivity contribution is 0.0999. The molecule has 0 aromatic carbocycles. The Bertz CT molecular complexity index is 376. The lowest BCUT2D eigenvalue weighted by Gasteiger charge is -2.13. The second kappa shape index (κ2) is 4.57. The molecule has 1 unspecified atom stereocenters. The Kier molecular flexibility index (Phi) is 3.14. The van der Waals surface area contributed by atoms with E-state index in [0.717, 1.165) is 31.4 Å². The number of aromatic nitrogens is 2. The molecule has 1 aromatic rings. The minimum atomic E-state index is -0.485. The molecule has 2 N–H and O–H groups in total. The van der Waals surface area contributed by atoms with Crippen molar-refractivity contribution in [2.75, 3.05) is 13.1 Å². The topological polar surface area (TPSA) is 72.1 Å². The lowest BCUT2D eigenvalue weighted by atomic mass is 10.2. The number of nitrogens with two attached hydrogens (primary N) is 1. The van der Waals surface area contributed by atoms with Crippen LogP contribution in [-0.4, -0.2) is 33.9 Å². The summed E-state index contributed by atoms with van der Waals surface area (Å²) in [7, 11) is 0. The number of nitrogens with zero attached hydrogens (tertiary/aromatic N) is 3. The number of rotatable bonds is 3. The van der Waals surface area contributed by atoms with E-state index in [1.54, 1.807) is 0 Å². The number of likely N-dealkylation sites (tertiary alicyclic amines) is 1. The Morgan fingerprint density at radius 1 is 1.56 bits per heavy atom. The molecular formula is C11H16N4O. The summed E-state index contributed by atoms with van der Waals surface area (Å²) >= 11 is 0. The first kappa shape index (κ1) is 11.0. The van der Waals surface area contributed by atoms with Crippen LogP contribution in [0.4, 0.5) is 0 Å². The van der Waals surface area contributed by atoms with Crippen molar-refractivity contribution in [3.8, 4) is 0 Å². The van der Waals surface area contributed by atoms with Crippen LogP contribution in [0, 0.1) is 5.92 Å². The minimum Gasteiger partial charge on any atom is -0.366 e. The third-order valence-electron chi connectivity index (χ3n) is 2.86. The second-order valence-corrected chi connectivity index (χ2v) is 4.38. The molecule has 5 heteroatoms. The van der Waals surface area contributed by atoms with Gasteiger partial charge in [0.25, 0.3) is 5.91 Å². The molecule has 0 saturated carbocycles. The predicted octanol–water partition coefficient (Wildman–Crippen LogP) is 0.417. The van der Waals surface area contributed by atoms with E-state index in [1.807, 2.05) is 0 Å². The zero-order valence-corrected chi connectivity index (χ0v) is 9.39. The van der Waals surface area contributed by atoms with E-state index in [0.29, 0.717) is 5.56 Å². The molecular weight excluding hydrogens is 204 g/mol. The van der Waals surface area contributed by atoms with Gasteiger partial charge in [-0.3, -0.25) is 9.69 Å². The molecule has 0 bridgehead atoms. The highest BCUT2D eigenvalue weighted by Crippen LogP contribution is 2.16. The number of amides is 1. The van der Waals surface area contributed by atoms with Gasteiger partial charge < -0.3 is 5.73 Å². The smallest absolute Gasteiger partial charge is 0.251 e. The number of hydrogen-bond acceptors (Lipinski definition) is 4. The molecule has 2 heterocycles. The van der Waals surface area contributed by atoms with Gasteiger partial charge in [0.05, 0.1) is 12.1 Å². The van der Waals surface area contributed by atoms with Gasteiger partial charge in [0, 0.05) is 18.9 Å². The van der Waals surface area contributed by atoms with Gasteiger partial charge in [0.15, 0.2) is 0 Å². The van der Waals surface area contributed by atoms with Gasteiger partial charge in [0.2, 0.25) is 0 Å². The minimum absolute atomic E-state index is 0.360. The first-order valence-electron chi connectivity index (χ1n) is 5.48. The molecule has 1 aliphatic heterocycles. The Morgan fingerprint density at radius 2 is 2.25 bits per heavy atom. The summed E-state index contributed by atoms with van der Waals surface area (Å²) in [6.45, 7) is 5.20. The van der Waals surface area contributed by atoms with Crippen LogP contribution in [0.2, 0.25) is 0 Å². The Hall–Kier alpha value is -1.49. The lowest BCUT2D eigenvalue weighted by Crippen LogP contribution is -2.21. The SMILES string of the molecule is CC1CCN(Cc2ncc(C(N)=O)cn2)C1. The third kappa shape index (κ3) is 2.55. The maximum atomic E-state index is 10.8. The highest BCUT2D eigenvalue weighted by atomic mass is 16.1. The molecule has 1 saturated heterocycles. The molecule has 0 spiro atoms. The summed E-state index contributed by atoms with van der Waals surface area (Å²) < 4.78 is 0. The maximum Gasteiger partial charge on any atom is 0.251 e. The first-order valence-corrected chi connectivity index (χ1v) is 5.48. The molecule has 1 aromatic heterocycles. The van der Waals surface area contributed by atoms with E-state index in [9.17, 15) is 4.79 Å². The number of carbonyl (C=O) groups excluding carboxylic acids is 1. The number of carbonyl (C=O) groups is 1. The fourth-order valence-electron chi connectivity index (χ4n) is 1.93. The van der Waals surface area contributed by atoms with E-state index in [1.165, 1.54) is 18.8 Å². The van der Waals surface area contributed by atoms with Gasteiger partial charge in [-0.25, -0.2) is 9.97 Å². The van der Waals surface area contributed by atoms with Crippen LogP contribution in [0.5, 0.6) is 0 Å². The number of hydrogen-bond donors (Lipinski definition) is 1. The summed E-state index contributed by atoms with van der Waals surface area (Å²) in [6, 6.07) is 0. The van der Waals surface area contributed by atoms with Crippen LogP contribution in [0.1, 0.15) is 29.5 Å². The highest BCUT2D eigenvalue weighted by molar-refractivity contribution is 5.91. The average molecular weight is 220 g/mol. The summed E-state index contributed by atoms with van der Waals surface area (Å²) in [5, 5.41) is 0. The zero-order valence-electron chi connectivity index (χ0n) is 9.39. The van der Waals surface area contributed by atoms with Crippen molar-refractivity contribution in [2.45, 2.75) is 19.9 Å². The van der Waals surface area contributed by atoms with Crippen LogP contribution in [0.3, 0.4) is 0 Å². The molecule has 86 valence electrons. The second-order valence-electron chi connectivity index (χ2n) is 4.38. The first-order chi connectivity index (χ1) is 7.65. The largest absolute Gasteiger partial charge is 0.366 e. The van der Waals surface area contributed by atoms with E-state index in [4.69, 9.17) is 5.73 Å². The van der Waals surface area contributed by atoms with Gasteiger partial charge in [-0.15, -0.1) is 0 Å². The highest BCUT2D eigenvalue weighted by Gasteiger charge is 2.19. The fraction of sp³-hybridized carbons (Fsp3) is 0.545. The van der Waals surface area contributed by atoms with Crippen LogP contribution < -0.4 is 5.73 Å². The summed E-state index contributed by atoms with van der Waals surface area (Å²) in [5.74, 6) is 1.02. The van der Waals surface area contributed by atoms with E-state index >= 15 is 0 Å². The Morgan fingerprint density at radius 3 is 2.75 bits per heavy atom. The van der Waals surface area contributed by atoms with Crippen LogP contribution >= 0.6 is 0 Å². The average Bonchev–Trinajstić information content (AvgIpc) is 2.65. The van der Waals surface area contributed by atoms with Crippen molar-refractivity contribution >= 4 is 5.91 Å². The molecule has 1 atom stereocenters. The molecule has 1 amide bonds. The van der Waals surface area contributed by atoms with Crippen molar-refractivity contribution in [3.63, 3.8) is 0 Å². The Balaban J connectivity index is 1.97. The normalized spacial score (nSPS) is 21.2. The van der Waals surface area contributed by atoms with E-state index in [-0.39, 0.29) is 0 Å². The molecule has 0 aliphatic carbocycles. The van der Waals surface area contributed by atoms with Crippen LogP contribution in [0.15, 0.2) is 12.4 Å². The molecule has 16 heavy (non-hydrogen) atoms. The quantitative estimate of drug-likeness (QED) is 0.801. The van der Waals surface area contributed by atoms with Gasteiger partial charge in [-0.1, -0.05) is 6.92 Å². The number of primary amides is 1. The van der Waals surface area contributed by atoms with Crippen molar-refractivity contribution in [2.24, 2.45) is 11.7 Å².